The van der Waals surface area contributed by atoms with Crippen molar-refractivity contribution in [3.05, 3.63) is 135 Å². The summed E-state index contributed by atoms with van der Waals surface area (Å²) in [6, 6.07) is 27.5. The maximum absolute atomic E-state index is 13.4. The van der Waals surface area contributed by atoms with Crippen LogP contribution in [-0.2, 0) is 0 Å². The molecule has 0 aliphatic carbocycles. The Hall–Kier alpha value is -5.63. The van der Waals surface area contributed by atoms with Crippen LogP contribution in [0.4, 0.5) is 5.69 Å². The molecule has 0 saturated carbocycles. The Morgan fingerprint density at radius 3 is 2.44 bits per heavy atom. The van der Waals surface area contributed by atoms with Crippen molar-refractivity contribution >= 4 is 44.3 Å². The molecule has 8 rings (SSSR count). The summed E-state index contributed by atoms with van der Waals surface area (Å²) in [6.07, 6.45) is 3.77. The van der Waals surface area contributed by atoms with Gasteiger partial charge in [0.25, 0.3) is 5.69 Å². The molecule has 8 nitrogen and oxygen atoms in total. The van der Waals surface area contributed by atoms with Gasteiger partial charge >= 0.3 is 0 Å². The second-order valence-electron chi connectivity index (χ2n) is 13.2. The number of carbonyl (C=O) groups excluding carboxylic acids is 1. The van der Waals surface area contributed by atoms with E-state index in [4.69, 9.17) is 19.4 Å². The van der Waals surface area contributed by atoms with Crippen molar-refractivity contribution < 1.29 is 19.2 Å². The largest absolute Gasteiger partial charge is 0.493 e. The Morgan fingerprint density at radius 2 is 1.67 bits per heavy atom. The molecule has 0 spiro atoms. The minimum atomic E-state index is -0.640. The van der Waals surface area contributed by atoms with Gasteiger partial charge < -0.3 is 9.47 Å². The summed E-state index contributed by atoms with van der Waals surface area (Å²) in [4.78, 5) is 35.4. The molecule has 0 amide bonds. The molecule has 0 unspecified atom stereocenters. The highest BCUT2D eigenvalue weighted by Gasteiger charge is 2.51. The maximum atomic E-state index is 13.4. The number of ether oxygens (including phenoxy) is 2. The Morgan fingerprint density at radius 1 is 0.917 bits per heavy atom. The third kappa shape index (κ3) is 4.78. The van der Waals surface area contributed by atoms with Gasteiger partial charge in [-0.1, -0.05) is 66.2 Å². The van der Waals surface area contributed by atoms with E-state index in [0.29, 0.717) is 45.6 Å². The van der Waals surface area contributed by atoms with E-state index in [2.05, 4.69) is 26.8 Å². The summed E-state index contributed by atoms with van der Waals surface area (Å²) in [6.45, 7) is 6.70. The summed E-state index contributed by atoms with van der Waals surface area (Å²) >= 11 is 0. The van der Waals surface area contributed by atoms with Crippen LogP contribution in [0.25, 0.3) is 32.8 Å². The second kappa shape index (κ2) is 11.3. The van der Waals surface area contributed by atoms with Gasteiger partial charge in [-0.25, -0.2) is 9.97 Å². The Balaban J connectivity index is 1.40. The first-order valence-electron chi connectivity index (χ1n) is 16.2. The average molecular weight is 636 g/mol. The summed E-state index contributed by atoms with van der Waals surface area (Å²) in [7, 11) is 0. The lowest BCUT2D eigenvalue weighted by atomic mass is 9.67. The van der Waals surface area contributed by atoms with Gasteiger partial charge in [0.1, 0.15) is 17.1 Å². The van der Waals surface area contributed by atoms with Crippen molar-refractivity contribution in [2.45, 2.75) is 45.1 Å². The molecule has 3 heterocycles. The van der Waals surface area contributed by atoms with E-state index in [-0.39, 0.29) is 28.2 Å². The lowest BCUT2D eigenvalue weighted by Crippen LogP contribution is -2.51. The number of nitro benzene ring substituents is 1. The highest BCUT2D eigenvalue weighted by atomic mass is 16.6. The summed E-state index contributed by atoms with van der Waals surface area (Å²) in [5.74, 6) is 0.812. The quantitative estimate of drug-likeness (QED) is 0.0449. The van der Waals surface area contributed by atoms with E-state index >= 15 is 0 Å². The smallest absolute Gasteiger partial charge is 0.269 e. The van der Waals surface area contributed by atoms with Gasteiger partial charge in [0.15, 0.2) is 5.78 Å². The SMILES string of the molecule is CC(C)=CCC[C@@]1(C)Oc2c(c3nc4ccc(C(=O)c5ccccc5)cc4nc3c3ccccc23)[C@@H]2c3cc([N+](=O)[O-])ccc3OC[C@@H]21. The Kier molecular flexibility index (Phi) is 6.98. The molecule has 0 fully saturated rings. The first-order valence-corrected chi connectivity index (χ1v) is 16.2. The standard InChI is InChI=1S/C40H33N3O5/c1-23(2)10-9-19-40(3)30-22-47-33-18-16-26(43(45)46)21-29(33)34(30)35-37-36(27-13-7-8-14-28(27)39(35)48-40)42-32-20-25(15-17-31(32)41-37)38(44)24-11-5-4-6-12-24/h4-8,10-18,20-21,30,34H,9,19,22H2,1-3H3/t30-,34+,40+/m0/s1. The van der Waals surface area contributed by atoms with Crippen molar-refractivity contribution in [1.82, 2.24) is 9.97 Å². The van der Waals surface area contributed by atoms with Crippen LogP contribution in [0.5, 0.6) is 11.5 Å². The second-order valence-corrected chi connectivity index (χ2v) is 13.2. The lowest BCUT2D eigenvalue weighted by molar-refractivity contribution is -0.385. The van der Waals surface area contributed by atoms with Crippen LogP contribution in [0, 0.1) is 16.0 Å². The lowest BCUT2D eigenvalue weighted by Gasteiger charge is -2.49. The zero-order valence-corrected chi connectivity index (χ0v) is 26.9. The number of hydrogen-bond acceptors (Lipinski definition) is 7. The van der Waals surface area contributed by atoms with Crippen LogP contribution in [-0.4, -0.2) is 32.9 Å². The fraction of sp³-hybridized carbons (Fsp3) is 0.225. The topological polar surface area (TPSA) is 104 Å². The number of nitrogens with zero attached hydrogens (tertiary/aromatic N) is 3. The molecule has 2 aliphatic rings. The molecule has 238 valence electrons. The molecular weight excluding hydrogens is 602 g/mol. The van der Waals surface area contributed by atoms with Crippen molar-refractivity contribution in [2.24, 2.45) is 5.92 Å². The van der Waals surface area contributed by atoms with Crippen molar-refractivity contribution in [2.75, 3.05) is 6.61 Å². The van der Waals surface area contributed by atoms with Crippen LogP contribution in [0.1, 0.15) is 66.6 Å². The minimum Gasteiger partial charge on any atom is -0.493 e. The molecule has 5 aromatic carbocycles. The van der Waals surface area contributed by atoms with E-state index in [9.17, 15) is 14.9 Å². The van der Waals surface area contributed by atoms with Crippen LogP contribution in [0.3, 0.4) is 0 Å². The van der Waals surface area contributed by atoms with E-state index in [1.807, 2.05) is 48.5 Å². The maximum Gasteiger partial charge on any atom is 0.269 e. The van der Waals surface area contributed by atoms with Gasteiger partial charge in [0.05, 0.1) is 33.6 Å². The molecule has 2 aliphatic heterocycles. The van der Waals surface area contributed by atoms with Gasteiger partial charge in [0, 0.05) is 57.0 Å². The first kappa shape index (κ1) is 29.8. The third-order valence-corrected chi connectivity index (χ3v) is 9.87. The molecule has 0 N–H and O–H groups in total. The number of fused-ring (bicyclic) bond motifs is 11. The number of allylic oxidation sites excluding steroid dienone is 2. The molecule has 8 heteroatoms. The predicted octanol–water partition coefficient (Wildman–Crippen LogP) is 9.11. The van der Waals surface area contributed by atoms with E-state index in [1.165, 1.54) is 11.6 Å². The number of nitro groups is 1. The van der Waals surface area contributed by atoms with Crippen LogP contribution in [0.15, 0.2) is 103 Å². The van der Waals surface area contributed by atoms with Gasteiger partial charge in [-0.15, -0.1) is 0 Å². The zero-order valence-electron chi connectivity index (χ0n) is 26.9. The fourth-order valence-electron chi connectivity index (χ4n) is 7.46. The first-order chi connectivity index (χ1) is 23.2. The molecule has 1 aromatic heterocycles. The number of carbonyl (C=O) groups is 1. The monoisotopic (exact) mass is 635 g/mol. The zero-order chi connectivity index (χ0) is 33.2. The minimum absolute atomic E-state index is 0.00882. The molecule has 48 heavy (non-hydrogen) atoms. The van der Waals surface area contributed by atoms with Crippen molar-refractivity contribution in [3.8, 4) is 11.5 Å². The Labute approximate surface area is 277 Å². The summed E-state index contributed by atoms with van der Waals surface area (Å²) in [5, 5.41) is 13.8. The van der Waals surface area contributed by atoms with Gasteiger partial charge in [-0.2, -0.15) is 0 Å². The molecule has 0 saturated heterocycles. The summed E-state index contributed by atoms with van der Waals surface area (Å²) < 4.78 is 13.5. The molecular formula is C40H33N3O5. The average Bonchev–Trinajstić information content (AvgIpc) is 3.10. The van der Waals surface area contributed by atoms with Crippen molar-refractivity contribution in [1.29, 1.82) is 0 Å². The molecule has 6 aromatic rings. The molecule has 0 radical (unpaired) electrons. The predicted molar refractivity (Wildman–Crippen MR) is 186 cm³/mol. The normalized spacial score (nSPS) is 19.5. The van der Waals surface area contributed by atoms with Gasteiger partial charge in [0.2, 0.25) is 0 Å². The fourth-order valence-corrected chi connectivity index (χ4v) is 7.46. The van der Waals surface area contributed by atoms with E-state index in [0.717, 1.165) is 40.5 Å². The van der Waals surface area contributed by atoms with Crippen molar-refractivity contribution in [3.63, 3.8) is 0 Å². The number of aromatic nitrogens is 2. The number of hydrogen-bond donors (Lipinski definition) is 0. The van der Waals surface area contributed by atoms with Crippen LogP contribution in [0.2, 0.25) is 0 Å². The number of rotatable bonds is 6. The van der Waals surface area contributed by atoms with Crippen LogP contribution < -0.4 is 9.47 Å². The summed E-state index contributed by atoms with van der Waals surface area (Å²) in [5.41, 5.74) is 5.97. The highest BCUT2D eigenvalue weighted by molar-refractivity contribution is 6.13. The number of benzene rings is 5. The molecule has 0 bridgehead atoms. The highest BCUT2D eigenvalue weighted by Crippen LogP contribution is 2.57. The van der Waals surface area contributed by atoms with E-state index in [1.54, 1.807) is 36.4 Å². The van der Waals surface area contributed by atoms with Crippen LogP contribution >= 0.6 is 0 Å². The van der Waals surface area contributed by atoms with Gasteiger partial charge in [-0.3, -0.25) is 14.9 Å². The number of non-ortho nitro benzene ring substituents is 1. The Bertz CT molecular complexity index is 2330. The molecule has 3 atom stereocenters. The van der Waals surface area contributed by atoms with E-state index < -0.39 is 5.60 Å². The number of ketones is 1. The van der Waals surface area contributed by atoms with Gasteiger partial charge in [-0.05, 0) is 57.9 Å². The third-order valence-electron chi connectivity index (χ3n) is 9.87.